The van der Waals surface area contributed by atoms with E-state index >= 15 is 0 Å². The third kappa shape index (κ3) is 6.43. The number of nitrogens with zero attached hydrogens (tertiary/aromatic N) is 2. The molecule has 2 rings (SSSR count). The van der Waals surface area contributed by atoms with Crippen molar-refractivity contribution in [3.63, 3.8) is 0 Å². The average molecular weight is 342 g/mol. The van der Waals surface area contributed by atoms with Gasteiger partial charge in [0.1, 0.15) is 0 Å². The van der Waals surface area contributed by atoms with Crippen LogP contribution >= 0.6 is 0 Å². The van der Waals surface area contributed by atoms with Gasteiger partial charge < -0.3 is 20.5 Å². The number of benzene rings is 1. The summed E-state index contributed by atoms with van der Waals surface area (Å²) in [5.41, 5.74) is 1.93. The maximum absolute atomic E-state index is 10.2. The van der Waals surface area contributed by atoms with Crippen LogP contribution < -0.4 is 15.4 Å². The SMILES string of the molecule is CCNC(=NCc1ccc(OC)nc1)NCCC(O)c1ccccc1. The van der Waals surface area contributed by atoms with Gasteiger partial charge in [0.25, 0.3) is 0 Å². The van der Waals surface area contributed by atoms with Crippen molar-refractivity contribution < 1.29 is 9.84 Å². The lowest BCUT2D eigenvalue weighted by atomic mass is 10.1. The minimum Gasteiger partial charge on any atom is -0.481 e. The van der Waals surface area contributed by atoms with Crippen LogP contribution in [0.15, 0.2) is 53.7 Å². The van der Waals surface area contributed by atoms with Crippen LogP contribution in [-0.2, 0) is 6.54 Å². The molecule has 25 heavy (non-hydrogen) atoms. The van der Waals surface area contributed by atoms with Crippen molar-refractivity contribution >= 4 is 5.96 Å². The van der Waals surface area contributed by atoms with Crippen molar-refractivity contribution in [3.8, 4) is 5.88 Å². The van der Waals surface area contributed by atoms with E-state index in [0.29, 0.717) is 25.4 Å². The maximum atomic E-state index is 10.2. The van der Waals surface area contributed by atoms with Crippen molar-refractivity contribution in [3.05, 3.63) is 59.8 Å². The molecule has 0 saturated carbocycles. The zero-order valence-corrected chi connectivity index (χ0v) is 14.8. The van der Waals surface area contributed by atoms with Gasteiger partial charge in [0, 0.05) is 25.4 Å². The van der Waals surface area contributed by atoms with Gasteiger partial charge in [-0.05, 0) is 24.5 Å². The Morgan fingerprint density at radius 2 is 2.00 bits per heavy atom. The highest BCUT2D eigenvalue weighted by atomic mass is 16.5. The molecule has 1 aromatic heterocycles. The van der Waals surface area contributed by atoms with Gasteiger partial charge in [-0.1, -0.05) is 36.4 Å². The summed E-state index contributed by atoms with van der Waals surface area (Å²) < 4.78 is 5.05. The number of pyridine rings is 1. The Balaban J connectivity index is 1.84. The van der Waals surface area contributed by atoms with E-state index in [2.05, 4.69) is 20.6 Å². The first-order valence-corrected chi connectivity index (χ1v) is 8.47. The molecule has 0 amide bonds. The lowest BCUT2D eigenvalue weighted by Gasteiger charge is -2.14. The molecule has 0 fully saturated rings. The van der Waals surface area contributed by atoms with E-state index in [1.807, 2.05) is 49.4 Å². The van der Waals surface area contributed by atoms with Gasteiger partial charge in [-0.3, -0.25) is 0 Å². The number of aliphatic imine (C=N–C) groups is 1. The normalized spacial score (nSPS) is 12.5. The lowest BCUT2D eigenvalue weighted by Crippen LogP contribution is -2.38. The molecule has 1 atom stereocenters. The highest BCUT2D eigenvalue weighted by Gasteiger charge is 2.07. The highest BCUT2D eigenvalue weighted by Crippen LogP contribution is 2.14. The first-order valence-electron chi connectivity index (χ1n) is 8.47. The first kappa shape index (κ1) is 18.7. The number of nitrogens with one attached hydrogen (secondary N) is 2. The zero-order chi connectivity index (χ0) is 17.9. The van der Waals surface area contributed by atoms with Gasteiger partial charge in [-0.15, -0.1) is 0 Å². The van der Waals surface area contributed by atoms with Gasteiger partial charge in [0.15, 0.2) is 5.96 Å². The van der Waals surface area contributed by atoms with Gasteiger partial charge in [-0.25, -0.2) is 9.98 Å². The number of rotatable bonds is 8. The number of aromatic nitrogens is 1. The van der Waals surface area contributed by atoms with Gasteiger partial charge in [0.2, 0.25) is 5.88 Å². The van der Waals surface area contributed by atoms with Crippen molar-refractivity contribution in [2.24, 2.45) is 4.99 Å². The molecule has 0 aliphatic rings. The summed E-state index contributed by atoms with van der Waals surface area (Å²) in [6, 6.07) is 13.4. The minimum atomic E-state index is -0.484. The number of hydrogen-bond acceptors (Lipinski definition) is 4. The van der Waals surface area contributed by atoms with Gasteiger partial charge in [0.05, 0.1) is 19.8 Å². The molecule has 0 saturated heterocycles. The molecule has 134 valence electrons. The second-order valence-electron chi connectivity index (χ2n) is 5.55. The first-order chi connectivity index (χ1) is 12.2. The van der Waals surface area contributed by atoms with E-state index in [1.54, 1.807) is 13.3 Å². The molecule has 1 heterocycles. The molecular formula is C19H26N4O2. The van der Waals surface area contributed by atoms with E-state index in [-0.39, 0.29) is 0 Å². The summed E-state index contributed by atoms with van der Waals surface area (Å²) in [6.07, 6.45) is 1.88. The largest absolute Gasteiger partial charge is 0.481 e. The summed E-state index contributed by atoms with van der Waals surface area (Å²) in [4.78, 5) is 8.72. The van der Waals surface area contributed by atoms with Crippen molar-refractivity contribution in [1.82, 2.24) is 15.6 Å². The molecule has 0 spiro atoms. The number of aliphatic hydroxyl groups excluding tert-OH is 1. The van der Waals surface area contributed by atoms with Crippen LogP contribution in [0.3, 0.4) is 0 Å². The van der Waals surface area contributed by atoms with E-state index < -0.39 is 6.10 Å². The van der Waals surface area contributed by atoms with Crippen LogP contribution in [0.1, 0.15) is 30.6 Å². The Morgan fingerprint density at radius 1 is 1.20 bits per heavy atom. The van der Waals surface area contributed by atoms with E-state index in [4.69, 9.17) is 4.74 Å². The lowest BCUT2D eigenvalue weighted by molar-refractivity contribution is 0.168. The van der Waals surface area contributed by atoms with Crippen molar-refractivity contribution in [2.75, 3.05) is 20.2 Å². The van der Waals surface area contributed by atoms with Crippen LogP contribution in [0, 0.1) is 0 Å². The molecule has 0 aliphatic heterocycles. The molecule has 6 nitrogen and oxygen atoms in total. The fourth-order valence-corrected chi connectivity index (χ4v) is 2.31. The van der Waals surface area contributed by atoms with Crippen LogP contribution in [-0.4, -0.2) is 36.2 Å². The number of aliphatic hydroxyl groups is 1. The van der Waals surface area contributed by atoms with Crippen molar-refractivity contribution in [1.29, 1.82) is 0 Å². The number of guanidine groups is 1. The summed E-state index contributed by atoms with van der Waals surface area (Å²) in [5, 5.41) is 16.6. The van der Waals surface area contributed by atoms with Gasteiger partial charge >= 0.3 is 0 Å². The minimum absolute atomic E-state index is 0.484. The Labute approximate surface area is 149 Å². The smallest absolute Gasteiger partial charge is 0.212 e. The summed E-state index contributed by atoms with van der Waals surface area (Å²) in [6.45, 7) is 3.94. The Hall–Kier alpha value is -2.60. The summed E-state index contributed by atoms with van der Waals surface area (Å²) in [5.74, 6) is 1.31. The molecule has 0 aliphatic carbocycles. The summed E-state index contributed by atoms with van der Waals surface area (Å²) in [7, 11) is 1.59. The highest BCUT2D eigenvalue weighted by molar-refractivity contribution is 5.79. The van der Waals surface area contributed by atoms with Crippen LogP contribution in [0.5, 0.6) is 5.88 Å². The fraction of sp³-hybridized carbons (Fsp3) is 0.368. The maximum Gasteiger partial charge on any atom is 0.212 e. The third-order valence-corrected chi connectivity index (χ3v) is 3.67. The Kier molecular flexibility index (Phi) is 7.72. The average Bonchev–Trinajstić information content (AvgIpc) is 2.67. The second kappa shape index (κ2) is 10.3. The molecule has 0 bridgehead atoms. The molecule has 2 aromatic rings. The summed E-state index contributed by atoms with van der Waals surface area (Å²) >= 11 is 0. The predicted molar refractivity (Wildman–Crippen MR) is 99.6 cm³/mol. The van der Waals surface area contributed by atoms with Crippen LogP contribution in [0.25, 0.3) is 0 Å². The van der Waals surface area contributed by atoms with Crippen LogP contribution in [0.4, 0.5) is 0 Å². The van der Waals surface area contributed by atoms with E-state index in [1.165, 1.54) is 0 Å². The zero-order valence-electron chi connectivity index (χ0n) is 14.8. The Morgan fingerprint density at radius 3 is 2.64 bits per heavy atom. The molecular weight excluding hydrogens is 316 g/mol. The molecule has 1 unspecified atom stereocenters. The third-order valence-electron chi connectivity index (χ3n) is 3.67. The molecule has 1 aromatic carbocycles. The number of hydrogen-bond donors (Lipinski definition) is 3. The fourth-order valence-electron chi connectivity index (χ4n) is 2.31. The van der Waals surface area contributed by atoms with E-state index in [9.17, 15) is 5.11 Å². The second-order valence-corrected chi connectivity index (χ2v) is 5.55. The molecule has 6 heteroatoms. The number of ether oxygens (including phenoxy) is 1. The molecule has 3 N–H and O–H groups in total. The standard InChI is InChI=1S/C19H26N4O2/c1-3-20-19(23-14-15-9-10-18(25-2)22-13-15)21-12-11-17(24)16-7-5-4-6-8-16/h4-10,13,17,24H,3,11-12,14H2,1-2H3,(H2,20,21,23). The quantitative estimate of drug-likeness (QED) is 0.507. The molecule has 0 radical (unpaired) electrons. The van der Waals surface area contributed by atoms with Crippen LogP contribution in [0.2, 0.25) is 0 Å². The monoisotopic (exact) mass is 342 g/mol. The Bertz CT molecular complexity index is 644. The predicted octanol–water partition coefficient (Wildman–Crippen LogP) is 2.27. The van der Waals surface area contributed by atoms with Crippen molar-refractivity contribution in [2.45, 2.75) is 26.0 Å². The van der Waals surface area contributed by atoms with E-state index in [0.717, 1.165) is 23.6 Å². The number of methoxy groups -OCH3 is 1. The topological polar surface area (TPSA) is 78.8 Å². The van der Waals surface area contributed by atoms with Gasteiger partial charge in [-0.2, -0.15) is 0 Å².